The minimum Gasteiger partial charge on any atom is -0.445 e. The number of nitriles is 1. The summed E-state index contributed by atoms with van der Waals surface area (Å²) in [5.41, 5.74) is 1.55. The molecule has 0 aliphatic rings. The Morgan fingerprint density at radius 2 is 1.79 bits per heavy atom. The van der Waals surface area contributed by atoms with Crippen LogP contribution in [-0.2, 0) is 22.6 Å². The fourth-order valence-corrected chi connectivity index (χ4v) is 2.94. The zero-order valence-corrected chi connectivity index (χ0v) is 18.9. The van der Waals surface area contributed by atoms with Crippen LogP contribution in [0.3, 0.4) is 0 Å². The van der Waals surface area contributed by atoms with E-state index in [1.165, 1.54) is 6.08 Å². The largest absolute Gasteiger partial charge is 0.475 e. The highest BCUT2D eigenvalue weighted by atomic mass is 16.5. The van der Waals surface area contributed by atoms with Gasteiger partial charge in [0.25, 0.3) is 5.91 Å². The van der Waals surface area contributed by atoms with Crippen molar-refractivity contribution in [1.29, 1.82) is 5.26 Å². The van der Waals surface area contributed by atoms with Gasteiger partial charge in [0.1, 0.15) is 18.2 Å². The van der Waals surface area contributed by atoms with Crippen molar-refractivity contribution >= 4 is 25.2 Å². The Balaban J connectivity index is 1.99. The Labute approximate surface area is 194 Å². The number of carbonyl (C=O) groups excluding carboxylic acids is 2. The van der Waals surface area contributed by atoms with Gasteiger partial charge in [0.05, 0.1) is 5.94 Å². The molecule has 2 aromatic rings. The van der Waals surface area contributed by atoms with Crippen LogP contribution in [0, 0.1) is 11.3 Å². The number of hydrogen-bond acceptors (Lipinski definition) is 6. The summed E-state index contributed by atoms with van der Waals surface area (Å²) >= 11 is 0. The molecule has 0 radical (unpaired) electrons. The van der Waals surface area contributed by atoms with Crippen molar-refractivity contribution in [1.82, 2.24) is 10.6 Å². The molecule has 2 rings (SSSR count). The molecule has 8 nitrogen and oxygen atoms in total. The van der Waals surface area contributed by atoms with E-state index >= 15 is 0 Å². The van der Waals surface area contributed by atoms with E-state index < -0.39 is 30.6 Å². The number of rotatable bonds is 8. The Kier molecular flexibility index (Phi) is 9.22. The molecule has 0 saturated heterocycles. The van der Waals surface area contributed by atoms with E-state index in [0.717, 1.165) is 5.56 Å². The van der Waals surface area contributed by atoms with E-state index in [-0.39, 0.29) is 18.6 Å². The van der Waals surface area contributed by atoms with Crippen LogP contribution in [0.1, 0.15) is 37.5 Å². The molecule has 33 heavy (non-hydrogen) atoms. The van der Waals surface area contributed by atoms with Crippen LogP contribution in [0.2, 0.25) is 0 Å². The second-order valence-electron chi connectivity index (χ2n) is 8.55. The fraction of sp³-hybridized carbons (Fsp3) is 0.292. The third-order valence-corrected chi connectivity index (χ3v) is 4.45. The van der Waals surface area contributed by atoms with Crippen LogP contribution >= 0.6 is 0 Å². The SMILES string of the molecule is CC(C)(C)NC(=O)C(C#N)=Cc1cccc(COC(=O)N[C@@H](Cc2ccccc2)B(O)O)c1. The highest BCUT2D eigenvalue weighted by Gasteiger charge is 2.26. The first-order valence-corrected chi connectivity index (χ1v) is 10.4. The number of nitrogens with one attached hydrogen (secondary N) is 2. The summed E-state index contributed by atoms with van der Waals surface area (Å²) in [5.74, 6) is -1.41. The van der Waals surface area contributed by atoms with Crippen molar-refractivity contribution in [3.05, 3.63) is 76.9 Å². The zero-order chi connectivity index (χ0) is 24.4. The Morgan fingerprint density at radius 1 is 1.12 bits per heavy atom. The lowest BCUT2D eigenvalue weighted by Gasteiger charge is -2.20. The first-order valence-electron chi connectivity index (χ1n) is 10.4. The van der Waals surface area contributed by atoms with Crippen LogP contribution in [-0.4, -0.2) is 40.6 Å². The molecule has 0 unspecified atom stereocenters. The van der Waals surface area contributed by atoms with E-state index in [2.05, 4.69) is 10.6 Å². The Hall–Kier alpha value is -3.61. The molecule has 9 heteroatoms. The predicted molar refractivity (Wildman–Crippen MR) is 125 cm³/mol. The third kappa shape index (κ3) is 9.19. The van der Waals surface area contributed by atoms with Gasteiger partial charge in [0.2, 0.25) is 0 Å². The first kappa shape index (κ1) is 25.7. The molecule has 0 heterocycles. The number of ether oxygens (including phenoxy) is 1. The van der Waals surface area contributed by atoms with E-state index in [9.17, 15) is 24.9 Å². The standard InChI is InChI=1S/C24H28BN3O5/c1-24(2,3)28-22(29)20(15-26)13-18-10-7-11-19(12-18)16-33-23(30)27-21(25(31)32)14-17-8-5-4-6-9-17/h4-13,21,31-32H,14,16H2,1-3H3,(H,27,30)(H,28,29)/t21-/m0/s1. The number of nitrogens with zero attached hydrogens (tertiary/aromatic N) is 1. The maximum Gasteiger partial charge on any atom is 0.475 e. The van der Waals surface area contributed by atoms with Crippen LogP contribution in [0.4, 0.5) is 4.79 Å². The quantitative estimate of drug-likeness (QED) is 0.278. The highest BCUT2D eigenvalue weighted by Crippen LogP contribution is 2.12. The van der Waals surface area contributed by atoms with Crippen LogP contribution < -0.4 is 10.6 Å². The first-order chi connectivity index (χ1) is 15.6. The molecular weight excluding hydrogens is 421 g/mol. The van der Waals surface area contributed by atoms with Gasteiger partial charge < -0.3 is 25.4 Å². The normalized spacial score (nSPS) is 12.3. The third-order valence-electron chi connectivity index (χ3n) is 4.45. The van der Waals surface area contributed by atoms with Crippen LogP contribution in [0.15, 0.2) is 60.2 Å². The van der Waals surface area contributed by atoms with Crippen molar-refractivity contribution in [2.75, 3.05) is 0 Å². The van der Waals surface area contributed by atoms with Crippen molar-refractivity contribution < 1.29 is 24.4 Å². The van der Waals surface area contributed by atoms with Gasteiger partial charge in [-0.3, -0.25) is 4.79 Å². The molecule has 172 valence electrons. The zero-order valence-electron chi connectivity index (χ0n) is 18.9. The summed E-state index contributed by atoms with van der Waals surface area (Å²) in [6, 6.07) is 17.9. The van der Waals surface area contributed by atoms with Gasteiger partial charge in [-0.15, -0.1) is 0 Å². The predicted octanol–water partition coefficient (Wildman–Crippen LogP) is 2.36. The summed E-state index contributed by atoms with van der Waals surface area (Å²) in [5, 5.41) is 33.7. The molecule has 0 bridgehead atoms. The Morgan fingerprint density at radius 3 is 2.39 bits per heavy atom. The fourth-order valence-electron chi connectivity index (χ4n) is 2.94. The van der Waals surface area contributed by atoms with E-state index in [4.69, 9.17) is 4.74 Å². The minimum absolute atomic E-state index is 0.0403. The average molecular weight is 449 g/mol. The average Bonchev–Trinajstić information content (AvgIpc) is 2.75. The molecule has 1 atom stereocenters. The number of alkyl carbamates (subject to hydrolysis) is 1. The molecule has 0 spiro atoms. The van der Waals surface area contributed by atoms with Crippen molar-refractivity contribution in [3.8, 4) is 6.07 Å². The summed E-state index contributed by atoms with van der Waals surface area (Å²) in [6.07, 6.45) is 0.886. The number of amides is 2. The van der Waals surface area contributed by atoms with Gasteiger partial charge in [-0.25, -0.2) is 4.79 Å². The molecular formula is C24H28BN3O5. The summed E-state index contributed by atoms with van der Waals surface area (Å²) < 4.78 is 5.21. The van der Waals surface area contributed by atoms with E-state index in [1.807, 2.05) is 57.2 Å². The van der Waals surface area contributed by atoms with Gasteiger partial charge >= 0.3 is 13.2 Å². The molecule has 0 aliphatic heterocycles. The molecule has 0 saturated carbocycles. The molecule has 0 aromatic heterocycles. The molecule has 2 amide bonds. The molecule has 0 fully saturated rings. The maximum absolute atomic E-state index is 12.3. The number of carbonyl (C=O) groups is 2. The monoisotopic (exact) mass is 449 g/mol. The number of hydrogen-bond donors (Lipinski definition) is 4. The maximum atomic E-state index is 12.3. The smallest absolute Gasteiger partial charge is 0.445 e. The summed E-state index contributed by atoms with van der Waals surface area (Å²) in [7, 11) is -1.75. The molecule has 0 aliphatic carbocycles. The van der Waals surface area contributed by atoms with E-state index in [1.54, 1.807) is 24.3 Å². The highest BCUT2D eigenvalue weighted by molar-refractivity contribution is 6.43. The lowest BCUT2D eigenvalue weighted by Crippen LogP contribution is -2.48. The topological polar surface area (TPSA) is 132 Å². The van der Waals surface area contributed by atoms with Crippen molar-refractivity contribution in [2.24, 2.45) is 0 Å². The summed E-state index contributed by atoms with van der Waals surface area (Å²) in [6.45, 7) is 5.39. The van der Waals surface area contributed by atoms with Crippen LogP contribution in [0.5, 0.6) is 0 Å². The lowest BCUT2D eigenvalue weighted by molar-refractivity contribution is -0.118. The van der Waals surface area contributed by atoms with Crippen LogP contribution in [0.25, 0.3) is 6.08 Å². The lowest BCUT2D eigenvalue weighted by atomic mass is 9.76. The van der Waals surface area contributed by atoms with Crippen molar-refractivity contribution in [3.63, 3.8) is 0 Å². The van der Waals surface area contributed by atoms with Gasteiger partial charge in [-0.05, 0) is 56.0 Å². The van der Waals surface area contributed by atoms with Crippen molar-refractivity contribution in [2.45, 2.75) is 45.3 Å². The Bertz CT molecular complexity index is 1030. The second kappa shape index (κ2) is 11.9. The minimum atomic E-state index is -1.75. The second-order valence-corrected chi connectivity index (χ2v) is 8.55. The van der Waals surface area contributed by atoms with Gasteiger partial charge in [-0.2, -0.15) is 5.26 Å². The molecule has 2 aromatic carbocycles. The summed E-state index contributed by atoms with van der Waals surface area (Å²) in [4.78, 5) is 24.5. The number of benzene rings is 2. The molecule has 4 N–H and O–H groups in total. The van der Waals surface area contributed by atoms with Gasteiger partial charge in [0, 0.05) is 5.54 Å². The van der Waals surface area contributed by atoms with Gasteiger partial charge in [0.15, 0.2) is 0 Å². The van der Waals surface area contributed by atoms with E-state index in [0.29, 0.717) is 11.1 Å². The van der Waals surface area contributed by atoms with Gasteiger partial charge in [-0.1, -0.05) is 48.5 Å².